The lowest BCUT2D eigenvalue weighted by Crippen LogP contribution is -2.26. The van der Waals surface area contributed by atoms with Crippen molar-refractivity contribution in [1.29, 1.82) is 0 Å². The van der Waals surface area contributed by atoms with Gasteiger partial charge < -0.3 is 9.32 Å². The molecule has 2 heteroatoms. The van der Waals surface area contributed by atoms with E-state index >= 15 is 0 Å². The average molecular weight is 654 g/mol. The number of rotatable bonds is 4. The van der Waals surface area contributed by atoms with Crippen molar-refractivity contribution in [3.8, 4) is 33.4 Å². The fourth-order valence-corrected chi connectivity index (χ4v) is 8.72. The Morgan fingerprint density at radius 1 is 0.431 bits per heavy atom. The number of benzene rings is 8. The first-order valence-electron chi connectivity index (χ1n) is 19.3. The van der Waals surface area contributed by atoms with Crippen molar-refractivity contribution in [2.45, 2.75) is 5.41 Å². The number of hydrogen-bond donors (Lipinski definition) is 0. The summed E-state index contributed by atoms with van der Waals surface area (Å²) in [5, 5.41) is 1.86. The minimum Gasteiger partial charge on any atom is -0.456 e. The van der Waals surface area contributed by atoms with Crippen molar-refractivity contribution in [2.24, 2.45) is 0 Å². The summed E-state index contributed by atoms with van der Waals surface area (Å²) in [5.41, 5.74) is 12.6. The minimum atomic E-state index is -0.600. The van der Waals surface area contributed by atoms with Crippen molar-refractivity contribution in [3.05, 3.63) is 210 Å². The highest BCUT2D eigenvalue weighted by molar-refractivity contribution is 6.07. The van der Waals surface area contributed by atoms with Crippen molar-refractivity contribution in [3.63, 3.8) is 0 Å². The van der Waals surface area contributed by atoms with E-state index in [9.17, 15) is 5.48 Å². The predicted octanol–water partition coefficient (Wildman–Crippen LogP) is 13.1. The molecule has 0 fully saturated rings. The summed E-state index contributed by atoms with van der Waals surface area (Å²) >= 11 is 0. The topological polar surface area (TPSA) is 16.4 Å². The van der Waals surface area contributed by atoms with Gasteiger partial charge in [-0.2, -0.15) is 0 Å². The Kier molecular flexibility index (Phi) is 5.13. The van der Waals surface area contributed by atoms with E-state index in [4.69, 9.17) is 4.42 Å². The Labute approximate surface area is 302 Å². The highest BCUT2D eigenvalue weighted by Gasteiger charge is 2.52. The number of furan rings is 1. The number of nitrogens with zero attached hydrogens (tertiary/aromatic N) is 1. The van der Waals surface area contributed by atoms with Crippen LogP contribution < -0.4 is 4.90 Å². The Morgan fingerprint density at radius 2 is 1.02 bits per heavy atom. The molecule has 8 aromatic carbocycles. The molecule has 0 N–H and O–H groups in total. The zero-order chi connectivity index (χ0) is 37.0. The molecule has 11 rings (SSSR count). The minimum absolute atomic E-state index is 0.0925. The number of fused-ring (bicyclic) bond motifs is 13. The molecule has 1 aromatic heterocycles. The van der Waals surface area contributed by atoms with Crippen LogP contribution in [0.25, 0.3) is 55.3 Å². The maximum Gasteiger partial charge on any atom is 0.135 e. The van der Waals surface area contributed by atoms with Gasteiger partial charge >= 0.3 is 0 Å². The summed E-state index contributed by atoms with van der Waals surface area (Å²) in [6.07, 6.45) is 0. The molecular weight excluding hydrogens is 619 g/mol. The zero-order valence-electron chi connectivity index (χ0n) is 31.4. The zero-order valence-corrected chi connectivity index (χ0v) is 27.4. The van der Waals surface area contributed by atoms with Gasteiger partial charge in [-0.05, 0) is 92.5 Å². The monoisotopic (exact) mass is 653 g/mol. The fraction of sp³-hybridized carbons (Fsp3) is 0.0204. The maximum absolute atomic E-state index is 9.66. The second-order valence-corrected chi connectivity index (χ2v) is 13.3. The molecule has 238 valence electrons. The first-order chi connectivity index (χ1) is 27.0. The Balaban J connectivity index is 1.26. The normalized spacial score (nSPS) is 14.4. The van der Waals surface area contributed by atoms with Crippen LogP contribution in [0.3, 0.4) is 0 Å². The van der Waals surface area contributed by atoms with E-state index in [0.717, 1.165) is 44.3 Å². The summed E-state index contributed by atoms with van der Waals surface area (Å²) in [7, 11) is 0. The van der Waals surface area contributed by atoms with E-state index in [1.165, 1.54) is 27.8 Å². The molecule has 9 aromatic rings. The van der Waals surface area contributed by atoms with Gasteiger partial charge in [0.2, 0.25) is 0 Å². The van der Waals surface area contributed by atoms with E-state index in [0.29, 0.717) is 11.3 Å². The lowest BCUT2D eigenvalue weighted by atomic mass is 9.70. The third-order valence-electron chi connectivity index (χ3n) is 10.8. The summed E-state index contributed by atoms with van der Waals surface area (Å²) in [6, 6.07) is 55.0. The molecule has 0 saturated heterocycles. The molecule has 2 nitrogen and oxygen atoms in total. The highest BCUT2D eigenvalue weighted by atomic mass is 16.3. The maximum atomic E-state index is 9.66. The molecule has 0 atom stereocenters. The van der Waals surface area contributed by atoms with Gasteiger partial charge in [-0.1, -0.05) is 146 Å². The molecule has 0 radical (unpaired) electrons. The van der Waals surface area contributed by atoms with Crippen LogP contribution in [-0.2, 0) is 5.41 Å². The number of hydrogen-bond acceptors (Lipinski definition) is 2. The van der Waals surface area contributed by atoms with E-state index < -0.39 is 5.41 Å². The molecule has 1 heterocycles. The summed E-state index contributed by atoms with van der Waals surface area (Å²) in [4.78, 5) is 1.94. The van der Waals surface area contributed by atoms with Crippen molar-refractivity contribution < 1.29 is 9.90 Å². The molecular formula is C49H31NO. The van der Waals surface area contributed by atoms with E-state index in [-0.39, 0.29) is 35.4 Å². The van der Waals surface area contributed by atoms with Gasteiger partial charge in [0.05, 0.1) is 16.6 Å². The highest BCUT2D eigenvalue weighted by Crippen LogP contribution is 2.64. The lowest BCUT2D eigenvalue weighted by molar-refractivity contribution is 0.669. The van der Waals surface area contributed by atoms with Crippen molar-refractivity contribution >= 4 is 39.0 Å². The van der Waals surface area contributed by atoms with Gasteiger partial charge in [-0.25, -0.2) is 0 Å². The van der Waals surface area contributed by atoms with Crippen LogP contribution >= 0.6 is 0 Å². The van der Waals surface area contributed by atoms with Crippen LogP contribution in [0.5, 0.6) is 0 Å². The summed E-state index contributed by atoms with van der Waals surface area (Å²) in [5.74, 6) is 0. The van der Waals surface area contributed by atoms with Gasteiger partial charge in [-0.15, -0.1) is 0 Å². The molecule has 2 aliphatic rings. The molecule has 0 aliphatic heterocycles. The van der Waals surface area contributed by atoms with Gasteiger partial charge in [-0.3, -0.25) is 0 Å². The fourth-order valence-electron chi connectivity index (χ4n) is 8.72. The van der Waals surface area contributed by atoms with Crippen LogP contribution in [0.4, 0.5) is 17.1 Å². The van der Waals surface area contributed by atoms with Crippen LogP contribution in [0.15, 0.2) is 192 Å². The average Bonchev–Trinajstić information content (AvgIpc) is 3.86. The predicted molar refractivity (Wildman–Crippen MR) is 210 cm³/mol. The first kappa shape index (κ1) is 24.5. The van der Waals surface area contributed by atoms with Gasteiger partial charge in [0.25, 0.3) is 0 Å². The first-order valence-corrected chi connectivity index (χ1v) is 17.3. The van der Waals surface area contributed by atoms with Crippen LogP contribution in [0.1, 0.15) is 27.7 Å². The van der Waals surface area contributed by atoms with E-state index in [1.54, 1.807) is 0 Å². The van der Waals surface area contributed by atoms with Crippen molar-refractivity contribution in [1.82, 2.24) is 0 Å². The summed E-state index contributed by atoms with van der Waals surface area (Å²) < 4.78 is 44.3. The van der Waals surface area contributed by atoms with Crippen molar-refractivity contribution in [2.75, 3.05) is 4.90 Å². The second-order valence-electron chi connectivity index (χ2n) is 13.3. The van der Waals surface area contributed by atoms with Gasteiger partial charge in [0.15, 0.2) is 0 Å². The smallest absolute Gasteiger partial charge is 0.135 e. The summed E-state index contributed by atoms with van der Waals surface area (Å²) in [6.45, 7) is 0. The second kappa shape index (κ2) is 10.7. The Morgan fingerprint density at radius 3 is 1.76 bits per heavy atom. The van der Waals surface area contributed by atoms with Crippen LogP contribution in [-0.4, -0.2) is 0 Å². The van der Waals surface area contributed by atoms with E-state index in [2.05, 4.69) is 97.1 Å². The third-order valence-corrected chi connectivity index (χ3v) is 10.8. The molecule has 0 saturated carbocycles. The Bertz CT molecular complexity index is 2980. The molecule has 2 aliphatic carbocycles. The Hall–Kier alpha value is -6.64. The molecule has 0 amide bonds. The molecule has 1 spiro atoms. The van der Waals surface area contributed by atoms with Gasteiger partial charge in [0, 0.05) is 27.7 Å². The van der Waals surface area contributed by atoms with E-state index in [1.807, 2.05) is 71.6 Å². The molecule has 0 unspecified atom stereocenters. The number of para-hydroxylation sites is 1. The molecule has 51 heavy (non-hydrogen) atoms. The third kappa shape index (κ3) is 3.87. The van der Waals surface area contributed by atoms with Crippen LogP contribution in [0.2, 0.25) is 0 Å². The molecule has 0 bridgehead atoms. The van der Waals surface area contributed by atoms with Crippen LogP contribution in [0, 0.1) is 0 Å². The largest absolute Gasteiger partial charge is 0.456 e. The standard InChI is InChI=1S/C49H31NO/c1-2-13-32(14-3-1)33-25-27-34(28-26-33)50(35-29-30-47-40(31-35)38-17-7-11-24-46(38)51-47)45-23-12-22-44-48(45)39-18-6-10-21-43(39)49(44)41-19-8-4-15-36(41)37-16-5-9-20-42(37)49/h1-31H/i25D,26D,27D,28D. The SMILES string of the molecule is [2H]c1c([2H])c(N(c2ccc3oc4ccccc4c3c2)c2cccc3c2-c2ccccc2C32c3ccccc3-c3ccccc32)c([2H])c([2H])c1-c1ccccc1. The van der Waals surface area contributed by atoms with Gasteiger partial charge in [0.1, 0.15) is 11.2 Å². The lowest BCUT2D eigenvalue weighted by Gasteiger charge is -2.31. The number of anilines is 3. The quantitative estimate of drug-likeness (QED) is 0.188.